The Bertz CT molecular complexity index is 437. The first-order chi connectivity index (χ1) is 8.36. The third kappa shape index (κ3) is 4.07. The maximum atomic E-state index is 8.55. The molecule has 0 aliphatic heterocycles. The average Bonchev–Trinajstić information content (AvgIpc) is 2.28. The first-order valence-corrected chi connectivity index (χ1v) is 7.46. The number of thioether (sulfide) groups is 1. The summed E-state index contributed by atoms with van der Waals surface area (Å²) in [5, 5.41) is 10.7. The van der Waals surface area contributed by atoms with Crippen molar-refractivity contribution in [3.8, 4) is 5.40 Å². The van der Waals surface area contributed by atoms with Crippen LogP contribution in [0.2, 0.25) is 0 Å². The quantitative estimate of drug-likeness (QED) is 0.562. The van der Waals surface area contributed by atoms with Crippen LogP contribution in [-0.4, -0.2) is 5.75 Å². The number of rotatable bonds is 4. The van der Waals surface area contributed by atoms with Crippen LogP contribution in [0.5, 0.6) is 0 Å². The molecule has 0 bridgehead atoms. The SMILES string of the molecule is Cc1ccc(C(C)CCSC#N)cc1C(C)(C)C. The van der Waals surface area contributed by atoms with Crippen LogP contribution in [0.15, 0.2) is 18.2 Å². The van der Waals surface area contributed by atoms with Gasteiger partial charge in [0.25, 0.3) is 0 Å². The number of aryl methyl sites for hydroxylation is 1. The van der Waals surface area contributed by atoms with Gasteiger partial charge in [-0.25, -0.2) is 0 Å². The first kappa shape index (κ1) is 15.1. The molecule has 0 saturated heterocycles. The van der Waals surface area contributed by atoms with Crippen LogP contribution in [0, 0.1) is 17.6 Å². The average molecular weight is 261 g/mol. The fourth-order valence-electron chi connectivity index (χ4n) is 2.20. The van der Waals surface area contributed by atoms with Crippen molar-refractivity contribution in [2.45, 2.75) is 52.4 Å². The molecule has 0 aromatic heterocycles. The number of nitrogens with zero attached hydrogens (tertiary/aromatic N) is 1. The van der Waals surface area contributed by atoms with Gasteiger partial charge >= 0.3 is 0 Å². The Morgan fingerprint density at radius 2 is 2.00 bits per heavy atom. The van der Waals surface area contributed by atoms with E-state index in [1.807, 2.05) is 0 Å². The number of nitriles is 1. The molecule has 1 aromatic rings. The van der Waals surface area contributed by atoms with Crippen molar-refractivity contribution in [1.29, 1.82) is 5.26 Å². The van der Waals surface area contributed by atoms with Gasteiger partial charge in [0.1, 0.15) is 5.40 Å². The van der Waals surface area contributed by atoms with Gasteiger partial charge in [0.2, 0.25) is 0 Å². The van der Waals surface area contributed by atoms with E-state index in [4.69, 9.17) is 5.26 Å². The van der Waals surface area contributed by atoms with Crippen molar-refractivity contribution >= 4 is 11.8 Å². The van der Waals surface area contributed by atoms with Gasteiger partial charge in [0.15, 0.2) is 0 Å². The summed E-state index contributed by atoms with van der Waals surface area (Å²) in [6, 6.07) is 6.80. The van der Waals surface area contributed by atoms with E-state index in [2.05, 4.69) is 58.2 Å². The molecule has 0 spiro atoms. The molecule has 0 heterocycles. The van der Waals surface area contributed by atoms with Crippen molar-refractivity contribution in [1.82, 2.24) is 0 Å². The lowest BCUT2D eigenvalue weighted by Crippen LogP contribution is -2.14. The van der Waals surface area contributed by atoms with E-state index in [1.54, 1.807) is 0 Å². The molecule has 1 atom stereocenters. The molecule has 0 amide bonds. The first-order valence-electron chi connectivity index (χ1n) is 6.48. The normalized spacial score (nSPS) is 13.1. The number of benzene rings is 1. The summed E-state index contributed by atoms with van der Waals surface area (Å²) in [4.78, 5) is 0. The van der Waals surface area contributed by atoms with E-state index in [1.165, 1.54) is 28.5 Å². The van der Waals surface area contributed by atoms with E-state index < -0.39 is 0 Å². The minimum atomic E-state index is 0.196. The molecule has 0 radical (unpaired) electrons. The van der Waals surface area contributed by atoms with Crippen LogP contribution >= 0.6 is 11.8 Å². The zero-order valence-electron chi connectivity index (χ0n) is 12.1. The predicted octanol–water partition coefficient (Wildman–Crippen LogP) is 5.00. The summed E-state index contributed by atoms with van der Waals surface area (Å²) in [5.41, 5.74) is 4.38. The summed E-state index contributed by atoms with van der Waals surface area (Å²) in [6.45, 7) is 11.2. The Balaban J connectivity index is 2.88. The molecule has 1 rings (SSSR count). The summed E-state index contributed by atoms with van der Waals surface area (Å²) in [5.74, 6) is 1.43. The van der Waals surface area contributed by atoms with Crippen LogP contribution in [0.1, 0.15) is 56.7 Å². The second-order valence-corrected chi connectivity index (χ2v) is 6.83. The Morgan fingerprint density at radius 1 is 1.33 bits per heavy atom. The largest absolute Gasteiger partial charge is 0.185 e. The second kappa shape index (κ2) is 6.29. The minimum absolute atomic E-state index is 0.196. The highest BCUT2D eigenvalue weighted by Gasteiger charge is 2.17. The fraction of sp³-hybridized carbons (Fsp3) is 0.562. The van der Waals surface area contributed by atoms with Gasteiger partial charge in [0, 0.05) is 5.75 Å². The van der Waals surface area contributed by atoms with E-state index in [9.17, 15) is 0 Å². The van der Waals surface area contributed by atoms with Gasteiger partial charge in [-0.3, -0.25) is 0 Å². The minimum Gasteiger partial charge on any atom is -0.185 e. The third-order valence-corrected chi connectivity index (χ3v) is 3.93. The third-order valence-electron chi connectivity index (χ3n) is 3.36. The van der Waals surface area contributed by atoms with Crippen molar-refractivity contribution in [3.05, 3.63) is 34.9 Å². The van der Waals surface area contributed by atoms with E-state index in [0.717, 1.165) is 12.2 Å². The molecular weight excluding hydrogens is 238 g/mol. The molecule has 0 aliphatic rings. The monoisotopic (exact) mass is 261 g/mol. The lowest BCUT2D eigenvalue weighted by Gasteiger charge is -2.24. The van der Waals surface area contributed by atoms with Crippen molar-refractivity contribution in [2.24, 2.45) is 0 Å². The highest BCUT2D eigenvalue weighted by atomic mass is 32.2. The number of hydrogen-bond donors (Lipinski definition) is 0. The molecule has 0 N–H and O–H groups in total. The second-order valence-electron chi connectivity index (χ2n) is 5.95. The topological polar surface area (TPSA) is 23.8 Å². The van der Waals surface area contributed by atoms with Crippen molar-refractivity contribution in [3.63, 3.8) is 0 Å². The summed E-state index contributed by atoms with van der Waals surface area (Å²) < 4.78 is 0. The molecular formula is C16H23NS. The molecule has 0 saturated carbocycles. The lowest BCUT2D eigenvalue weighted by molar-refractivity contribution is 0.583. The van der Waals surface area contributed by atoms with Gasteiger partial charge in [-0.1, -0.05) is 45.9 Å². The molecule has 1 nitrogen and oxygen atoms in total. The Morgan fingerprint density at radius 3 is 2.56 bits per heavy atom. The Kier molecular flexibility index (Phi) is 5.28. The number of hydrogen-bond acceptors (Lipinski definition) is 2. The maximum Gasteiger partial charge on any atom is 0.133 e. The van der Waals surface area contributed by atoms with E-state index in [-0.39, 0.29) is 5.41 Å². The van der Waals surface area contributed by atoms with E-state index in [0.29, 0.717) is 5.92 Å². The Hall–Kier alpha value is -0.940. The highest BCUT2D eigenvalue weighted by molar-refractivity contribution is 8.03. The Labute approximate surface area is 116 Å². The summed E-state index contributed by atoms with van der Waals surface area (Å²) in [7, 11) is 0. The summed E-state index contributed by atoms with van der Waals surface area (Å²) in [6.07, 6.45) is 1.06. The van der Waals surface area contributed by atoms with Crippen LogP contribution in [0.25, 0.3) is 0 Å². The van der Waals surface area contributed by atoms with Crippen molar-refractivity contribution < 1.29 is 0 Å². The van der Waals surface area contributed by atoms with Gasteiger partial charge in [0.05, 0.1) is 0 Å². The van der Waals surface area contributed by atoms with Gasteiger partial charge in [-0.15, -0.1) is 0 Å². The molecule has 1 aromatic carbocycles. The maximum absolute atomic E-state index is 8.55. The smallest absolute Gasteiger partial charge is 0.133 e. The highest BCUT2D eigenvalue weighted by Crippen LogP contribution is 2.30. The molecule has 1 unspecified atom stereocenters. The van der Waals surface area contributed by atoms with Gasteiger partial charge in [-0.05, 0) is 53.1 Å². The fourth-order valence-corrected chi connectivity index (χ4v) is 2.76. The molecule has 98 valence electrons. The summed E-state index contributed by atoms with van der Waals surface area (Å²) >= 11 is 1.35. The van der Waals surface area contributed by atoms with E-state index >= 15 is 0 Å². The zero-order chi connectivity index (χ0) is 13.8. The van der Waals surface area contributed by atoms with Crippen LogP contribution < -0.4 is 0 Å². The molecule has 18 heavy (non-hydrogen) atoms. The standard InChI is InChI=1S/C16H23NS/c1-12(8-9-18-11-17)14-7-6-13(2)15(10-14)16(3,4)5/h6-7,10,12H,8-9H2,1-5H3. The van der Waals surface area contributed by atoms with Crippen LogP contribution in [-0.2, 0) is 5.41 Å². The van der Waals surface area contributed by atoms with Crippen LogP contribution in [0.3, 0.4) is 0 Å². The molecule has 0 fully saturated rings. The lowest BCUT2D eigenvalue weighted by atomic mass is 9.81. The predicted molar refractivity (Wildman–Crippen MR) is 81.0 cm³/mol. The van der Waals surface area contributed by atoms with Gasteiger partial charge < -0.3 is 0 Å². The zero-order valence-corrected chi connectivity index (χ0v) is 12.9. The van der Waals surface area contributed by atoms with Crippen molar-refractivity contribution in [2.75, 3.05) is 5.75 Å². The van der Waals surface area contributed by atoms with Gasteiger partial charge in [-0.2, -0.15) is 5.26 Å². The number of thiocyanates is 1. The molecule has 2 heteroatoms. The van der Waals surface area contributed by atoms with Crippen LogP contribution in [0.4, 0.5) is 0 Å². The molecule has 0 aliphatic carbocycles.